The van der Waals surface area contributed by atoms with Crippen molar-refractivity contribution in [3.05, 3.63) is 101 Å². The number of rotatable bonds is 4. The highest BCUT2D eigenvalue weighted by Gasteiger charge is 2.27. The predicted molar refractivity (Wildman–Crippen MR) is 113 cm³/mol. The highest BCUT2D eigenvalue weighted by Crippen LogP contribution is 2.39. The fourth-order valence-corrected chi connectivity index (χ4v) is 5.11. The Morgan fingerprint density at radius 2 is 1.55 bits per heavy atom. The molecule has 0 aliphatic heterocycles. The van der Waals surface area contributed by atoms with Gasteiger partial charge in [-0.1, -0.05) is 12.1 Å². The van der Waals surface area contributed by atoms with Crippen molar-refractivity contribution in [3.8, 4) is 4.90 Å². The molecule has 0 radical (unpaired) electrons. The van der Waals surface area contributed by atoms with E-state index in [2.05, 4.69) is 23.6 Å². The summed E-state index contributed by atoms with van der Waals surface area (Å²) in [6.45, 7) is 3.21. The highest BCUT2D eigenvalue weighted by atomic mass is 32.2. The molecule has 29 heavy (non-hydrogen) atoms. The largest absolute Gasteiger partial charge is 0.451 e. The molecular weight excluding hydrogens is 390 g/mol. The Kier molecular flexibility index (Phi) is 4.92. The van der Waals surface area contributed by atoms with Crippen LogP contribution in [0.15, 0.2) is 78.2 Å². The number of thiophene rings is 1. The lowest BCUT2D eigenvalue weighted by molar-refractivity contribution is -0.00339. The van der Waals surface area contributed by atoms with Crippen molar-refractivity contribution in [2.24, 2.45) is 0 Å². The summed E-state index contributed by atoms with van der Waals surface area (Å²) in [5.74, 6) is -1.96. The molecule has 0 aliphatic carbocycles. The van der Waals surface area contributed by atoms with Gasteiger partial charge in [0, 0.05) is 33.6 Å². The van der Waals surface area contributed by atoms with Gasteiger partial charge < -0.3 is 4.74 Å². The first-order valence-corrected chi connectivity index (χ1v) is 10.4. The molecule has 0 saturated carbocycles. The lowest BCUT2D eigenvalue weighted by Gasteiger charge is -2.25. The smallest absolute Gasteiger partial charge is 0.338 e. The zero-order valence-corrected chi connectivity index (χ0v) is 16.8. The number of hydrogen-bond donors (Lipinski definition) is 0. The minimum absolute atomic E-state index is 0.157. The van der Waals surface area contributed by atoms with Crippen LogP contribution in [0.3, 0.4) is 0 Å². The van der Waals surface area contributed by atoms with Crippen LogP contribution in [0.25, 0.3) is 15.0 Å². The van der Waals surface area contributed by atoms with Crippen LogP contribution in [0.4, 0.5) is 8.78 Å². The molecule has 0 aliphatic rings. The van der Waals surface area contributed by atoms with Crippen LogP contribution in [-0.4, -0.2) is 5.97 Å². The molecule has 4 rings (SSSR count). The first-order valence-electron chi connectivity index (χ1n) is 9.14. The molecule has 2 nitrogen and oxygen atoms in total. The number of fused-ring (bicyclic) bond motifs is 1. The molecule has 4 aromatic rings. The number of carbonyl (C=O) groups excluding carboxylic acids is 1. The average molecular weight is 409 g/mol. The lowest BCUT2D eigenvalue weighted by atomic mass is 9.97. The molecular formula is C24H19F2O2S+. The first kappa shape index (κ1) is 19.3. The van der Waals surface area contributed by atoms with Gasteiger partial charge in [-0.05, 0) is 62.4 Å². The number of benzene rings is 3. The molecule has 0 fully saturated rings. The zero-order chi connectivity index (χ0) is 20.6. The Hall–Kier alpha value is -3.05. The maximum atomic E-state index is 13.5. The van der Waals surface area contributed by atoms with Crippen molar-refractivity contribution < 1.29 is 18.3 Å². The third-order valence-electron chi connectivity index (χ3n) is 4.79. The van der Waals surface area contributed by atoms with Crippen LogP contribution >= 0.6 is 10.5 Å². The number of esters is 1. The highest BCUT2D eigenvalue weighted by molar-refractivity contribution is 7.43. The van der Waals surface area contributed by atoms with Gasteiger partial charge in [0.25, 0.3) is 0 Å². The van der Waals surface area contributed by atoms with Gasteiger partial charge in [0.05, 0.1) is 5.56 Å². The summed E-state index contributed by atoms with van der Waals surface area (Å²) in [6, 6.07) is 20.8. The van der Waals surface area contributed by atoms with Gasteiger partial charge in [0.1, 0.15) is 22.6 Å². The van der Waals surface area contributed by atoms with E-state index in [1.807, 2.05) is 24.3 Å². The van der Waals surface area contributed by atoms with Crippen molar-refractivity contribution in [2.45, 2.75) is 19.4 Å². The molecule has 1 atom stereocenters. The van der Waals surface area contributed by atoms with E-state index in [9.17, 15) is 13.6 Å². The van der Waals surface area contributed by atoms with E-state index >= 15 is 0 Å². The van der Waals surface area contributed by atoms with Crippen LogP contribution in [0, 0.1) is 11.6 Å². The van der Waals surface area contributed by atoms with Gasteiger partial charge in [-0.15, -0.1) is 0 Å². The molecule has 146 valence electrons. The summed E-state index contributed by atoms with van der Waals surface area (Å²) in [4.78, 5) is 13.7. The van der Waals surface area contributed by atoms with Gasteiger partial charge in [0.2, 0.25) is 0 Å². The summed E-state index contributed by atoms with van der Waals surface area (Å²) in [7, 11) is -0.157. The molecule has 5 heteroatoms. The minimum atomic E-state index is -1.17. The van der Waals surface area contributed by atoms with Crippen LogP contribution < -0.4 is 0 Å². The van der Waals surface area contributed by atoms with Crippen LogP contribution in [0.1, 0.15) is 29.8 Å². The molecule has 0 N–H and O–H groups in total. The molecule has 3 aromatic carbocycles. The van der Waals surface area contributed by atoms with Gasteiger partial charge in [-0.3, -0.25) is 0 Å². The van der Waals surface area contributed by atoms with Gasteiger partial charge in [0.15, 0.2) is 9.60 Å². The first-order chi connectivity index (χ1) is 13.8. The Morgan fingerprint density at radius 1 is 0.897 bits per heavy atom. The molecule has 0 bridgehead atoms. The van der Waals surface area contributed by atoms with Crippen LogP contribution in [0.2, 0.25) is 0 Å². The van der Waals surface area contributed by atoms with E-state index in [1.165, 1.54) is 22.2 Å². The quantitative estimate of drug-likeness (QED) is 0.269. The third-order valence-corrected chi connectivity index (χ3v) is 6.82. The average Bonchev–Trinajstić information content (AvgIpc) is 3.11. The molecule has 1 heterocycles. The standard InChI is InChI=1S/C24H19F2O2S/c1-24(2,18-13-19(25)15-20(26)14-18)28-23(27)17-7-9-21(10-8-17)29-12-11-16-5-3-4-6-22(16)29/h3-15H,1-2H3/q+1. The van der Waals surface area contributed by atoms with Crippen molar-refractivity contribution in [1.82, 2.24) is 0 Å². The van der Waals surface area contributed by atoms with Crippen LogP contribution in [0.5, 0.6) is 0 Å². The van der Waals surface area contributed by atoms with E-state index in [0.717, 1.165) is 11.0 Å². The van der Waals surface area contributed by atoms with Gasteiger partial charge >= 0.3 is 5.97 Å². The summed E-state index contributed by atoms with van der Waals surface area (Å²) in [5, 5.41) is 3.38. The van der Waals surface area contributed by atoms with Gasteiger partial charge in [-0.25, -0.2) is 13.6 Å². The third kappa shape index (κ3) is 3.91. The number of hydrogen-bond acceptors (Lipinski definition) is 2. The fraction of sp³-hybridized carbons (Fsp3) is 0.125. The Labute approximate surface area is 170 Å². The van der Waals surface area contributed by atoms with Crippen molar-refractivity contribution in [1.29, 1.82) is 0 Å². The van der Waals surface area contributed by atoms with Crippen molar-refractivity contribution >= 4 is 26.5 Å². The second-order valence-electron chi connectivity index (χ2n) is 7.26. The normalized spacial score (nSPS) is 12.2. The lowest BCUT2D eigenvalue weighted by Crippen LogP contribution is -2.26. The Morgan fingerprint density at radius 3 is 2.24 bits per heavy atom. The molecule has 0 saturated heterocycles. The van der Waals surface area contributed by atoms with Gasteiger partial charge in [-0.2, -0.15) is 0 Å². The predicted octanol–water partition coefficient (Wildman–Crippen LogP) is 6.95. The SMILES string of the molecule is CC(C)(OC(=O)c1ccc(-[s+]2ccc3ccccc32)cc1)c1cc(F)cc(F)c1. The second kappa shape index (κ2) is 7.41. The van der Waals surface area contributed by atoms with E-state index in [-0.39, 0.29) is 16.0 Å². The van der Waals surface area contributed by atoms with E-state index in [0.29, 0.717) is 5.56 Å². The maximum Gasteiger partial charge on any atom is 0.338 e. The molecule has 1 unspecified atom stereocenters. The van der Waals surface area contributed by atoms with E-state index in [1.54, 1.807) is 26.0 Å². The zero-order valence-electron chi connectivity index (χ0n) is 16.0. The maximum absolute atomic E-state index is 13.5. The molecule has 1 aromatic heterocycles. The molecule has 0 amide bonds. The Balaban J connectivity index is 1.56. The topological polar surface area (TPSA) is 26.3 Å². The summed E-state index contributed by atoms with van der Waals surface area (Å²) < 4.78 is 33.9. The van der Waals surface area contributed by atoms with E-state index in [4.69, 9.17) is 4.74 Å². The monoisotopic (exact) mass is 409 g/mol. The summed E-state index contributed by atoms with van der Waals surface area (Å²) in [6.07, 6.45) is 0. The van der Waals surface area contributed by atoms with Crippen molar-refractivity contribution in [3.63, 3.8) is 0 Å². The number of halogens is 2. The second-order valence-corrected chi connectivity index (χ2v) is 9.12. The van der Waals surface area contributed by atoms with Crippen molar-refractivity contribution in [2.75, 3.05) is 0 Å². The number of ether oxygens (including phenoxy) is 1. The van der Waals surface area contributed by atoms with E-state index < -0.39 is 23.2 Å². The fourth-order valence-electron chi connectivity index (χ4n) is 3.23. The van der Waals surface area contributed by atoms with Crippen LogP contribution in [-0.2, 0) is 10.3 Å². The number of carbonyl (C=O) groups is 1. The minimum Gasteiger partial charge on any atom is -0.451 e. The summed E-state index contributed by atoms with van der Waals surface area (Å²) >= 11 is 0. The Bertz CT molecular complexity index is 1170. The molecule has 0 spiro atoms. The summed E-state index contributed by atoms with van der Waals surface area (Å²) in [5.41, 5.74) is -0.527.